The fraction of sp³-hybridized carbons (Fsp3) is 0.525. The average Bonchev–Trinajstić information content (AvgIpc) is 3.56. The van der Waals surface area contributed by atoms with Crippen molar-refractivity contribution in [2.24, 2.45) is 28.6 Å². The highest BCUT2D eigenvalue weighted by Gasteiger charge is 2.75. The second-order valence-electron chi connectivity index (χ2n) is 15.4. The molecule has 2 aromatic rings. The third-order valence-corrected chi connectivity index (χ3v) is 13.6. The molecule has 1 unspecified atom stereocenters. The van der Waals surface area contributed by atoms with E-state index in [1.807, 2.05) is 54.4 Å². The zero-order valence-electron chi connectivity index (χ0n) is 30.5. The molecule has 4 N–H and O–H groups in total. The van der Waals surface area contributed by atoms with Gasteiger partial charge in [0.25, 0.3) is 5.24 Å². The summed E-state index contributed by atoms with van der Waals surface area (Å²) in [5, 5.41) is 33.7. The number of likely N-dealkylation sites (N-methyl/N-ethyl adjacent to an activating group) is 1. The number of aromatic nitrogens is 1. The molecule has 5 aliphatic rings. The number of amides is 2. The maximum absolute atomic E-state index is 16.9. The number of carbonyl (C=O) groups excluding carboxylic acids is 4. The van der Waals surface area contributed by atoms with E-state index in [1.165, 1.54) is 12.2 Å². The molecule has 1 aromatic heterocycles. The smallest absolute Gasteiger partial charge is 0.286 e. The molecule has 4 aliphatic carbocycles. The molecule has 2 amide bonds. The zero-order chi connectivity index (χ0) is 38.3. The quantitative estimate of drug-likeness (QED) is 0.287. The van der Waals surface area contributed by atoms with Gasteiger partial charge in [-0.2, -0.15) is 0 Å². The number of benzene rings is 1. The Morgan fingerprint density at radius 1 is 1.13 bits per heavy atom. The third kappa shape index (κ3) is 6.63. The van der Waals surface area contributed by atoms with Crippen LogP contribution in [0.15, 0.2) is 72.5 Å². The minimum Gasteiger partial charge on any atom is -0.492 e. The molecule has 0 bridgehead atoms. The largest absolute Gasteiger partial charge is 0.492 e. The normalized spacial score (nSPS) is 35.6. The summed E-state index contributed by atoms with van der Waals surface area (Å²) in [6.45, 7) is 5.74. The number of imide groups is 1. The van der Waals surface area contributed by atoms with Gasteiger partial charge in [0.1, 0.15) is 30.4 Å². The monoisotopic (exact) mass is 749 g/mol. The van der Waals surface area contributed by atoms with Gasteiger partial charge in [-0.05, 0) is 92.8 Å². The predicted octanol–water partition coefficient (Wildman–Crippen LogP) is 4.39. The van der Waals surface area contributed by atoms with Crippen molar-refractivity contribution in [2.45, 2.75) is 75.5 Å². The summed E-state index contributed by atoms with van der Waals surface area (Å²) in [5.41, 5.74) is -4.17. The lowest BCUT2D eigenvalue weighted by Gasteiger charge is -2.62. The minimum absolute atomic E-state index is 0.0676. The number of hydrogen-bond donors (Lipinski definition) is 4. The molecule has 11 nitrogen and oxygen atoms in total. The van der Waals surface area contributed by atoms with Gasteiger partial charge in [-0.25, -0.2) is 9.37 Å². The molecule has 13 heteroatoms. The van der Waals surface area contributed by atoms with Gasteiger partial charge < -0.3 is 25.0 Å². The van der Waals surface area contributed by atoms with Crippen molar-refractivity contribution in [1.29, 1.82) is 0 Å². The number of nitrogens with zero attached hydrogens (tertiary/aromatic N) is 2. The average molecular weight is 750 g/mol. The van der Waals surface area contributed by atoms with Gasteiger partial charge in [-0.1, -0.05) is 55.5 Å². The van der Waals surface area contributed by atoms with Crippen molar-refractivity contribution in [3.8, 4) is 5.75 Å². The van der Waals surface area contributed by atoms with Crippen LogP contribution in [0.1, 0.15) is 52.0 Å². The van der Waals surface area contributed by atoms with Crippen molar-refractivity contribution < 1.29 is 43.6 Å². The van der Waals surface area contributed by atoms with Crippen LogP contribution >= 0.6 is 11.8 Å². The molecule has 4 fully saturated rings. The van der Waals surface area contributed by atoms with Crippen LogP contribution in [0, 0.1) is 28.6 Å². The Morgan fingerprint density at radius 2 is 1.87 bits per heavy atom. The van der Waals surface area contributed by atoms with Gasteiger partial charge in [0.15, 0.2) is 17.2 Å². The van der Waals surface area contributed by atoms with Crippen molar-refractivity contribution >= 4 is 40.3 Å². The van der Waals surface area contributed by atoms with E-state index in [9.17, 15) is 34.5 Å². The third-order valence-electron chi connectivity index (χ3n) is 12.6. The summed E-state index contributed by atoms with van der Waals surface area (Å²) >= 11 is 1.05. The molecule has 9 atom stereocenters. The van der Waals surface area contributed by atoms with Crippen LogP contribution in [0.4, 0.5) is 15.0 Å². The number of alkyl halides is 1. The standard InChI is InChI=1S/C22H29FO5.C18H19N3O3S/c1-12-8-16-15-5-4-13-9-14(25)6-7-19(13,2)21(15,23)17(26)10-20(16,3)22(12,28)18(27)11-24;1-21(16-4-2-3-9-19-16)10-11-24-14-7-5-13(6-8-14)12-15-17(22)20-18(23)25-15/h6-7,9,12,15-17,24,26,28H,4-5,8,10-11H2,1-3H3;2-9,15H,10-12H2,1H3,(H,20,22,23)/t12-,15+,16+,17+,19+,20+,21+,22+;/m1./s1. The maximum atomic E-state index is 16.9. The Kier molecular flexibility index (Phi) is 10.8. The van der Waals surface area contributed by atoms with E-state index in [1.54, 1.807) is 33.0 Å². The first kappa shape index (κ1) is 38.8. The van der Waals surface area contributed by atoms with E-state index in [0.717, 1.165) is 35.4 Å². The first-order valence-electron chi connectivity index (χ1n) is 18.1. The number of pyridine rings is 1. The zero-order valence-corrected chi connectivity index (χ0v) is 31.3. The van der Waals surface area contributed by atoms with Crippen molar-refractivity contribution in [3.63, 3.8) is 0 Å². The van der Waals surface area contributed by atoms with Gasteiger partial charge in [0.05, 0.1) is 17.9 Å². The fourth-order valence-corrected chi connectivity index (χ4v) is 10.6. The number of thioether (sulfide) groups is 1. The Bertz CT molecular complexity index is 1810. The van der Waals surface area contributed by atoms with Gasteiger partial charge in [-0.3, -0.25) is 24.5 Å². The Morgan fingerprint density at radius 3 is 2.51 bits per heavy atom. The molecule has 0 radical (unpaired) electrons. The minimum atomic E-state index is -1.98. The topological polar surface area (TPSA) is 166 Å². The number of aliphatic hydroxyl groups is 3. The number of allylic oxidation sites excluding steroid dienone is 4. The van der Waals surface area contributed by atoms with Crippen LogP contribution in [-0.4, -0.2) is 92.4 Å². The van der Waals surface area contributed by atoms with E-state index in [2.05, 4.69) is 10.3 Å². The number of carbonyl (C=O) groups is 4. The van der Waals surface area contributed by atoms with Crippen molar-refractivity contribution in [2.75, 3.05) is 31.7 Å². The number of aliphatic hydroxyl groups excluding tert-OH is 2. The number of rotatable bonds is 9. The molecule has 284 valence electrons. The number of ketones is 2. The molecule has 1 aromatic carbocycles. The lowest BCUT2D eigenvalue weighted by atomic mass is 9.44. The lowest BCUT2D eigenvalue weighted by molar-refractivity contribution is -0.219. The van der Waals surface area contributed by atoms with Crippen LogP contribution in [0.2, 0.25) is 0 Å². The van der Waals surface area contributed by atoms with Gasteiger partial charge in [-0.15, -0.1) is 0 Å². The maximum Gasteiger partial charge on any atom is 0.286 e. The summed E-state index contributed by atoms with van der Waals surface area (Å²) in [7, 11) is 1.97. The molecule has 3 saturated carbocycles. The predicted molar refractivity (Wildman–Crippen MR) is 198 cm³/mol. The van der Waals surface area contributed by atoms with E-state index in [-0.39, 0.29) is 34.5 Å². The van der Waals surface area contributed by atoms with Crippen LogP contribution in [0.25, 0.3) is 0 Å². The lowest BCUT2D eigenvalue weighted by Crippen LogP contribution is -2.69. The molecule has 53 heavy (non-hydrogen) atoms. The second-order valence-corrected chi connectivity index (χ2v) is 16.6. The number of ether oxygens (including phenoxy) is 1. The number of fused-ring (bicyclic) bond motifs is 5. The van der Waals surface area contributed by atoms with Crippen molar-refractivity contribution in [1.82, 2.24) is 10.3 Å². The summed E-state index contributed by atoms with van der Waals surface area (Å²) in [4.78, 5) is 53.5. The summed E-state index contributed by atoms with van der Waals surface area (Å²) < 4.78 is 22.6. The van der Waals surface area contributed by atoms with Crippen LogP contribution in [-0.2, 0) is 20.8 Å². The SMILES string of the molecule is CN(CCOc1ccc(CC2SC(=O)NC2=O)cc1)c1ccccn1.C[C@@H]1C[C@H]2[C@@H]3CCC4=CC(=O)C=C[C@]4(C)[C@@]3(F)[C@@H](O)C[C@]2(C)[C@@]1(O)C(=O)CO. The molecule has 1 aliphatic heterocycles. The molecule has 2 heterocycles. The van der Waals surface area contributed by atoms with Gasteiger partial charge in [0, 0.05) is 30.0 Å². The molecule has 1 saturated heterocycles. The molecular weight excluding hydrogens is 702 g/mol. The number of anilines is 1. The van der Waals surface area contributed by atoms with E-state index < -0.39 is 52.4 Å². The van der Waals surface area contributed by atoms with Gasteiger partial charge in [0.2, 0.25) is 5.91 Å². The number of Topliss-reactive ketones (excluding diaryl/α,β-unsaturated/α-hetero) is 1. The summed E-state index contributed by atoms with van der Waals surface area (Å²) in [6.07, 6.45) is 6.74. The fourth-order valence-electron chi connectivity index (χ4n) is 9.72. The van der Waals surface area contributed by atoms with Crippen LogP contribution < -0.4 is 15.0 Å². The number of hydrogen-bond acceptors (Lipinski definition) is 11. The highest BCUT2D eigenvalue weighted by molar-refractivity contribution is 8.15. The van der Waals surface area contributed by atoms with Crippen molar-refractivity contribution in [3.05, 3.63) is 78.0 Å². The Balaban J connectivity index is 0.000000183. The first-order valence-corrected chi connectivity index (χ1v) is 19.0. The van der Waals surface area contributed by atoms with Crippen LogP contribution in [0.3, 0.4) is 0 Å². The van der Waals surface area contributed by atoms with E-state index in [4.69, 9.17) is 4.74 Å². The van der Waals surface area contributed by atoms with E-state index in [0.29, 0.717) is 37.9 Å². The number of nitrogens with one attached hydrogen (secondary N) is 1. The summed E-state index contributed by atoms with van der Waals surface area (Å²) in [5.74, 6) is -0.652. The van der Waals surface area contributed by atoms with Gasteiger partial charge >= 0.3 is 0 Å². The second kappa shape index (κ2) is 14.7. The van der Waals surface area contributed by atoms with E-state index >= 15 is 4.39 Å². The number of halogens is 1. The van der Waals surface area contributed by atoms with Crippen LogP contribution in [0.5, 0.6) is 5.75 Å². The first-order chi connectivity index (χ1) is 25.1. The Labute approximate surface area is 313 Å². The molecular formula is C40H48FN3O8S. The molecule has 0 spiro atoms. The molecule has 7 rings (SSSR count). The summed E-state index contributed by atoms with van der Waals surface area (Å²) in [6, 6.07) is 13.4. The Hall–Kier alpha value is -3.91. The highest BCUT2D eigenvalue weighted by atomic mass is 32.2. The highest BCUT2D eigenvalue weighted by Crippen LogP contribution is 2.70.